The van der Waals surface area contributed by atoms with Crippen LogP contribution in [0.1, 0.15) is 45.4 Å². The van der Waals surface area contributed by atoms with E-state index in [4.69, 9.17) is 0 Å². The fraction of sp³-hybridized carbons (Fsp3) is 0.846. The van der Waals surface area contributed by atoms with Gasteiger partial charge in [-0.25, -0.2) is 0 Å². The Morgan fingerprint density at radius 3 is 2.53 bits per heavy atom. The van der Waals surface area contributed by atoms with E-state index in [-0.39, 0.29) is 0 Å². The van der Waals surface area contributed by atoms with Gasteiger partial charge in [0.1, 0.15) is 0 Å². The lowest BCUT2D eigenvalue weighted by Crippen LogP contribution is -2.38. The first-order chi connectivity index (χ1) is 7.22. The molecule has 1 rings (SSSR count). The van der Waals surface area contributed by atoms with Crippen LogP contribution in [0.2, 0.25) is 0 Å². The van der Waals surface area contributed by atoms with E-state index < -0.39 is 0 Å². The van der Waals surface area contributed by atoms with E-state index >= 15 is 0 Å². The average molecular weight is 210 g/mol. The molecule has 0 spiro atoms. The molecule has 88 valence electrons. The SMILES string of the molecule is C=C(C)N[C@H](CNC)CC1CCCCC1. The van der Waals surface area contributed by atoms with Gasteiger partial charge in [-0.1, -0.05) is 38.7 Å². The molecule has 2 N–H and O–H groups in total. The Balaban J connectivity index is 2.31. The topological polar surface area (TPSA) is 24.1 Å². The van der Waals surface area contributed by atoms with Gasteiger partial charge in [0, 0.05) is 18.3 Å². The minimum Gasteiger partial charge on any atom is -0.385 e. The van der Waals surface area contributed by atoms with Crippen LogP contribution < -0.4 is 10.6 Å². The van der Waals surface area contributed by atoms with Gasteiger partial charge < -0.3 is 10.6 Å². The van der Waals surface area contributed by atoms with E-state index in [1.807, 2.05) is 14.0 Å². The highest BCUT2D eigenvalue weighted by molar-refractivity contribution is 4.90. The standard InChI is InChI=1S/C13H26N2/c1-11(2)15-13(10-14-3)9-12-7-5-4-6-8-12/h12-15H,1,4-10H2,2-3H3/t13-/m0/s1. The lowest BCUT2D eigenvalue weighted by molar-refractivity contribution is 0.302. The van der Waals surface area contributed by atoms with Gasteiger partial charge in [0.05, 0.1) is 0 Å². The first-order valence-corrected chi connectivity index (χ1v) is 6.29. The molecule has 0 heterocycles. The van der Waals surface area contributed by atoms with Crippen LogP contribution in [0.3, 0.4) is 0 Å². The highest BCUT2D eigenvalue weighted by Gasteiger charge is 2.18. The van der Waals surface area contributed by atoms with Gasteiger partial charge in [-0.3, -0.25) is 0 Å². The Bertz CT molecular complexity index is 183. The van der Waals surface area contributed by atoms with Crippen LogP contribution in [0.25, 0.3) is 0 Å². The first-order valence-electron chi connectivity index (χ1n) is 6.29. The monoisotopic (exact) mass is 210 g/mol. The van der Waals surface area contributed by atoms with Gasteiger partial charge in [-0.2, -0.15) is 0 Å². The van der Waals surface area contributed by atoms with Crippen LogP contribution in [0.4, 0.5) is 0 Å². The molecule has 0 saturated heterocycles. The van der Waals surface area contributed by atoms with Crippen LogP contribution in [0.5, 0.6) is 0 Å². The average Bonchev–Trinajstić information content (AvgIpc) is 2.18. The quantitative estimate of drug-likeness (QED) is 0.704. The summed E-state index contributed by atoms with van der Waals surface area (Å²) >= 11 is 0. The lowest BCUT2D eigenvalue weighted by Gasteiger charge is -2.27. The molecule has 0 aromatic carbocycles. The van der Waals surface area contributed by atoms with Crippen LogP contribution in [0, 0.1) is 5.92 Å². The minimum atomic E-state index is 0.565. The maximum atomic E-state index is 3.93. The van der Waals surface area contributed by atoms with Crippen LogP contribution >= 0.6 is 0 Å². The van der Waals surface area contributed by atoms with Gasteiger partial charge in [0.25, 0.3) is 0 Å². The number of rotatable bonds is 6. The number of likely N-dealkylation sites (N-methyl/N-ethyl adjacent to an activating group) is 1. The zero-order valence-electron chi connectivity index (χ0n) is 10.3. The van der Waals surface area contributed by atoms with Gasteiger partial charge in [-0.15, -0.1) is 0 Å². The molecule has 0 unspecified atom stereocenters. The van der Waals surface area contributed by atoms with Crippen molar-refractivity contribution in [2.45, 2.75) is 51.5 Å². The van der Waals surface area contributed by atoms with Crippen molar-refractivity contribution in [3.05, 3.63) is 12.3 Å². The molecule has 2 heteroatoms. The van der Waals surface area contributed by atoms with Crippen molar-refractivity contribution in [1.29, 1.82) is 0 Å². The van der Waals surface area contributed by atoms with E-state index in [0.717, 1.165) is 18.2 Å². The van der Waals surface area contributed by atoms with Gasteiger partial charge >= 0.3 is 0 Å². The van der Waals surface area contributed by atoms with Crippen molar-refractivity contribution in [3.8, 4) is 0 Å². The summed E-state index contributed by atoms with van der Waals surface area (Å²) in [6, 6.07) is 0.565. The lowest BCUT2D eigenvalue weighted by atomic mass is 9.85. The molecule has 1 atom stereocenters. The minimum absolute atomic E-state index is 0.565. The van der Waals surface area contributed by atoms with E-state index in [9.17, 15) is 0 Å². The smallest absolute Gasteiger partial charge is 0.0385 e. The summed E-state index contributed by atoms with van der Waals surface area (Å²) in [7, 11) is 2.02. The molecule has 0 aromatic rings. The molecular weight excluding hydrogens is 184 g/mol. The van der Waals surface area contributed by atoms with Crippen molar-refractivity contribution < 1.29 is 0 Å². The third-order valence-corrected chi connectivity index (χ3v) is 3.24. The van der Waals surface area contributed by atoms with Crippen LogP contribution in [-0.2, 0) is 0 Å². The molecule has 0 aliphatic heterocycles. The maximum Gasteiger partial charge on any atom is 0.0385 e. The largest absolute Gasteiger partial charge is 0.385 e. The summed E-state index contributed by atoms with van der Waals surface area (Å²) in [5.74, 6) is 0.934. The Labute approximate surface area is 94.5 Å². The summed E-state index contributed by atoms with van der Waals surface area (Å²) in [5.41, 5.74) is 1.09. The number of hydrogen-bond acceptors (Lipinski definition) is 2. The molecule has 1 saturated carbocycles. The third-order valence-electron chi connectivity index (χ3n) is 3.24. The highest BCUT2D eigenvalue weighted by Crippen LogP contribution is 2.27. The summed E-state index contributed by atoms with van der Waals surface area (Å²) < 4.78 is 0. The predicted molar refractivity (Wildman–Crippen MR) is 66.9 cm³/mol. The van der Waals surface area contributed by atoms with Gasteiger partial charge in [0.2, 0.25) is 0 Å². The summed E-state index contributed by atoms with van der Waals surface area (Å²) in [4.78, 5) is 0. The van der Waals surface area contributed by atoms with E-state index in [1.165, 1.54) is 38.5 Å². The molecule has 1 aliphatic rings. The van der Waals surface area contributed by atoms with Crippen molar-refractivity contribution in [2.75, 3.05) is 13.6 Å². The first kappa shape index (κ1) is 12.6. The molecule has 2 nitrogen and oxygen atoms in total. The molecule has 0 bridgehead atoms. The molecule has 15 heavy (non-hydrogen) atoms. The second-order valence-electron chi connectivity index (χ2n) is 4.92. The second-order valence-corrected chi connectivity index (χ2v) is 4.92. The van der Waals surface area contributed by atoms with Crippen LogP contribution in [0.15, 0.2) is 12.3 Å². The number of hydrogen-bond donors (Lipinski definition) is 2. The molecule has 0 aromatic heterocycles. The van der Waals surface area contributed by atoms with Crippen LogP contribution in [-0.4, -0.2) is 19.6 Å². The molecule has 1 aliphatic carbocycles. The number of allylic oxidation sites excluding steroid dienone is 1. The predicted octanol–water partition coefficient (Wildman–Crippen LogP) is 2.67. The zero-order chi connectivity index (χ0) is 11.1. The third kappa shape index (κ3) is 5.22. The van der Waals surface area contributed by atoms with E-state index in [2.05, 4.69) is 17.2 Å². The zero-order valence-corrected chi connectivity index (χ0v) is 10.3. The van der Waals surface area contributed by atoms with Crippen molar-refractivity contribution >= 4 is 0 Å². The Hall–Kier alpha value is -0.500. The fourth-order valence-electron chi connectivity index (χ4n) is 2.61. The van der Waals surface area contributed by atoms with Gasteiger partial charge in [-0.05, 0) is 26.3 Å². The Kier molecular flexibility index (Phi) is 5.77. The summed E-state index contributed by atoms with van der Waals surface area (Å²) in [5, 5.41) is 6.73. The summed E-state index contributed by atoms with van der Waals surface area (Å²) in [6.07, 6.45) is 8.47. The van der Waals surface area contributed by atoms with Crippen molar-refractivity contribution in [1.82, 2.24) is 10.6 Å². The normalized spacial score (nSPS) is 19.9. The Morgan fingerprint density at radius 2 is 2.00 bits per heavy atom. The number of nitrogens with one attached hydrogen (secondary N) is 2. The molecule has 0 radical (unpaired) electrons. The summed E-state index contributed by atoms with van der Waals surface area (Å²) in [6.45, 7) is 7.02. The second kappa shape index (κ2) is 6.89. The molecule has 0 amide bonds. The fourth-order valence-corrected chi connectivity index (χ4v) is 2.61. The Morgan fingerprint density at radius 1 is 1.33 bits per heavy atom. The van der Waals surface area contributed by atoms with E-state index in [0.29, 0.717) is 6.04 Å². The molecular formula is C13H26N2. The van der Waals surface area contributed by atoms with Crippen molar-refractivity contribution in [3.63, 3.8) is 0 Å². The highest BCUT2D eigenvalue weighted by atomic mass is 15.0. The van der Waals surface area contributed by atoms with E-state index in [1.54, 1.807) is 0 Å². The van der Waals surface area contributed by atoms with Crippen molar-refractivity contribution in [2.24, 2.45) is 5.92 Å². The maximum absolute atomic E-state index is 3.93. The van der Waals surface area contributed by atoms with Gasteiger partial charge in [0.15, 0.2) is 0 Å². The molecule has 1 fully saturated rings.